The molecule has 2 N–H and O–H groups in total. The first-order valence-electron chi connectivity index (χ1n) is 8.69. The van der Waals surface area contributed by atoms with Gasteiger partial charge in [0.1, 0.15) is 11.6 Å². The summed E-state index contributed by atoms with van der Waals surface area (Å²) < 4.78 is 18.7. The van der Waals surface area contributed by atoms with E-state index in [-0.39, 0.29) is 28.6 Å². The number of thioether (sulfide) groups is 1. The van der Waals surface area contributed by atoms with Gasteiger partial charge in [-0.1, -0.05) is 11.6 Å². The maximum absolute atomic E-state index is 13.4. The maximum atomic E-state index is 13.4. The van der Waals surface area contributed by atoms with E-state index in [1.807, 2.05) is 11.8 Å². The van der Waals surface area contributed by atoms with Gasteiger partial charge in [-0.3, -0.25) is 4.79 Å². The first-order valence-corrected chi connectivity index (χ1v) is 10.2. The van der Waals surface area contributed by atoms with Crippen LogP contribution in [0.3, 0.4) is 0 Å². The summed E-state index contributed by atoms with van der Waals surface area (Å²) in [6.45, 7) is 0.991. The molecule has 0 aromatic heterocycles. The normalized spacial score (nSPS) is 32.6. The zero-order valence-electron chi connectivity index (χ0n) is 13.9. The zero-order valence-corrected chi connectivity index (χ0v) is 15.5. The molecule has 5 rings (SSSR count). The molecule has 25 heavy (non-hydrogen) atoms. The van der Waals surface area contributed by atoms with Crippen molar-refractivity contribution in [2.24, 2.45) is 5.92 Å². The minimum absolute atomic E-state index is 0.0414. The van der Waals surface area contributed by atoms with Crippen LogP contribution in [0.25, 0.3) is 0 Å². The van der Waals surface area contributed by atoms with E-state index >= 15 is 0 Å². The average Bonchev–Trinajstić information content (AvgIpc) is 3.03. The van der Waals surface area contributed by atoms with Crippen molar-refractivity contribution in [3.05, 3.63) is 29.0 Å². The lowest BCUT2D eigenvalue weighted by molar-refractivity contribution is -0.143. The second-order valence-corrected chi connectivity index (χ2v) is 9.17. The lowest BCUT2D eigenvalue weighted by Crippen LogP contribution is -2.83. The fourth-order valence-electron chi connectivity index (χ4n) is 4.26. The molecule has 4 fully saturated rings. The third kappa shape index (κ3) is 3.62. The van der Waals surface area contributed by atoms with Crippen LogP contribution in [0, 0.1) is 11.7 Å². The summed E-state index contributed by atoms with van der Waals surface area (Å²) in [4.78, 5) is 12.1. The van der Waals surface area contributed by atoms with E-state index in [0.717, 1.165) is 31.7 Å². The van der Waals surface area contributed by atoms with Gasteiger partial charge in [0.2, 0.25) is 0 Å². The number of halogens is 2. The summed E-state index contributed by atoms with van der Waals surface area (Å²) in [6, 6.07) is 4.17. The molecule has 1 amide bonds. The minimum atomic E-state index is -0.548. The van der Waals surface area contributed by atoms with Crippen molar-refractivity contribution >= 4 is 29.3 Å². The van der Waals surface area contributed by atoms with E-state index in [1.165, 1.54) is 30.1 Å². The molecule has 136 valence electrons. The van der Waals surface area contributed by atoms with Crippen LogP contribution < -0.4 is 15.4 Å². The highest BCUT2D eigenvalue weighted by Crippen LogP contribution is 2.60. The molecule has 1 saturated heterocycles. The summed E-state index contributed by atoms with van der Waals surface area (Å²) in [5.41, 5.74) is 0.198. The Hall–Kier alpha value is -0.980. The Morgan fingerprint density at radius 3 is 2.84 bits per heavy atom. The molecule has 1 heterocycles. The standard InChI is InChI=1S/C18H22ClFN2O2S/c19-14-2-1-13(5-15(14)20)24-7-16(23)22-18-9-17(10-18,11-18)21-6-12-3-4-25-8-12/h1-2,5,12,21H,3-4,6-11H2,(H,22,23). The van der Waals surface area contributed by atoms with Crippen LogP contribution in [0.2, 0.25) is 5.02 Å². The van der Waals surface area contributed by atoms with Crippen LogP contribution in [-0.4, -0.2) is 41.6 Å². The number of nitrogens with one attached hydrogen (secondary N) is 2. The molecule has 4 nitrogen and oxygen atoms in total. The van der Waals surface area contributed by atoms with Crippen molar-refractivity contribution in [3.8, 4) is 5.75 Å². The van der Waals surface area contributed by atoms with Gasteiger partial charge < -0.3 is 15.4 Å². The number of hydrogen-bond acceptors (Lipinski definition) is 4. The van der Waals surface area contributed by atoms with Crippen molar-refractivity contribution in [1.29, 1.82) is 0 Å². The molecule has 0 spiro atoms. The maximum Gasteiger partial charge on any atom is 0.258 e. The van der Waals surface area contributed by atoms with E-state index in [0.29, 0.717) is 5.75 Å². The lowest BCUT2D eigenvalue weighted by Gasteiger charge is -2.71. The molecule has 1 aliphatic heterocycles. The number of benzene rings is 1. The van der Waals surface area contributed by atoms with E-state index in [1.54, 1.807) is 6.07 Å². The summed E-state index contributed by atoms with van der Waals surface area (Å²) >= 11 is 7.67. The van der Waals surface area contributed by atoms with E-state index in [4.69, 9.17) is 16.3 Å². The van der Waals surface area contributed by atoms with E-state index in [9.17, 15) is 9.18 Å². The molecule has 3 saturated carbocycles. The highest BCUT2D eigenvalue weighted by Gasteiger charge is 2.68. The first kappa shape index (κ1) is 17.4. The van der Waals surface area contributed by atoms with Gasteiger partial charge in [-0.15, -0.1) is 0 Å². The van der Waals surface area contributed by atoms with Gasteiger partial charge in [0, 0.05) is 17.1 Å². The summed E-state index contributed by atoms with van der Waals surface area (Å²) in [6.07, 6.45) is 4.32. The monoisotopic (exact) mass is 384 g/mol. The van der Waals surface area contributed by atoms with Gasteiger partial charge in [0.25, 0.3) is 5.91 Å². The zero-order chi connectivity index (χ0) is 17.5. The van der Waals surface area contributed by atoms with Crippen LogP contribution in [-0.2, 0) is 4.79 Å². The van der Waals surface area contributed by atoms with Gasteiger partial charge in [0.15, 0.2) is 6.61 Å². The topological polar surface area (TPSA) is 50.4 Å². The summed E-state index contributed by atoms with van der Waals surface area (Å²) in [5.74, 6) is 2.97. The van der Waals surface area contributed by atoms with Gasteiger partial charge in [0.05, 0.1) is 5.02 Å². The van der Waals surface area contributed by atoms with Crippen LogP contribution in [0.1, 0.15) is 25.7 Å². The second kappa shape index (κ2) is 6.63. The quantitative estimate of drug-likeness (QED) is 0.758. The number of amides is 1. The predicted octanol–water partition coefficient (Wildman–Crippen LogP) is 2.99. The summed E-state index contributed by atoms with van der Waals surface area (Å²) in [7, 11) is 0. The van der Waals surface area contributed by atoms with Crippen LogP contribution >= 0.6 is 23.4 Å². The van der Waals surface area contributed by atoms with Crippen LogP contribution in [0.5, 0.6) is 5.75 Å². The van der Waals surface area contributed by atoms with Gasteiger partial charge in [-0.05, 0) is 61.8 Å². The Morgan fingerprint density at radius 1 is 1.36 bits per heavy atom. The molecule has 4 aliphatic rings. The number of carbonyl (C=O) groups is 1. The molecule has 0 radical (unpaired) electrons. The molecule has 1 aromatic rings. The highest BCUT2D eigenvalue weighted by molar-refractivity contribution is 7.99. The van der Waals surface area contributed by atoms with Gasteiger partial charge in [-0.2, -0.15) is 11.8 Å². The van der Waals surface area contributed by atoms with Crippen molar-refractivity contribution in [3.63, 3.8) is 0 Å². The Morgan fingerprint density at radius 2 is 2.16 bits per heavy atom. The third-order valence-electron chi connectivity index (χ3n) is 5.49. The Bertz CT molecular complexity index is 661. The molecular formula is C18H22ClFN2O2S. The smallest absolute Gasteiger partial charge is 0.258 e. The predicted molar refractivity (Wildman–Crippen MR) is 97.8 cm³/mol. The average molecular weight is 385 g/mol. The number of carbonyl (C=O) groups excluding carboxylic acids is 1. The molecule has 2 bridgehead atoms. The molecular weight excluding hydrogens is 363 g/mol. The Balaban J connectivity index is 1.18. The molecule has 3 aliphatic carbocycles. The minimum Gasteiger partial charge on any atom is -0.484 e. The van der Waals surface area contributed by atoms with E-state index in [2.05, 4.69) is 10.6 Å². The van der Waals surface area contributed by atoms with Crippen molar-refractivity contribution < 1.29 is 13.9 Å². The fraction of sp³-hybridized carbons (Fsp3) is 0.611. The summed E-state index contributed by atoms with van der Waals surface area (Å²) in [5, 5.41) is 6.84. The molecule has 1 atom stereocenters. The Kier molecular flexibility index (Phi) is 4.63. The largest absolute Gasteiger partial charge is 0.484 e. The van der Waals surface area contributed by atoms with Gasteiger partial charge >= 0.3 is 0 Å². The second-order valence-electron chi connectivity index (χ2n) is 7.61. The van der Waals surface area contributed by atoms with Crippen molar-refractivity contribution in [2.45, 2.75) is 36.8 Å². The van der Waals surface area contributed by atoms with Crippen molar-refractivity contribution in [1.82, 2.24) is 10.6 Å². The van der Waals surface area contributed by atoms with E-state index < -0.39 is 5.82 Å². The SMILES string of the molecule is O=C(COc1ccc(Cl)c(F)c1)NC12CC(NCC3CCSC3)(C1)C2. The lowest BCUT2D eigenvalue weighted by atomic mass is 9.44. The number of hydrogen-bond donors (Lipinski definition) is 2. The number of ether oxygens (including phenoxy) is 1. The molecule has 1 unspecified atom stereocenters. The first-order chi connectivity index (χ1) is 12.0. The van der Waals surface area contributed by atoms with Crippen molar-refractivity contribution in [2.75, 3.05) is 24.7 Å². The van der Waals surface area contributed by atoms with Crippen LogP contribution in [0.4, 0.5) is 4.39 Å². The highest BCUT2D eigenvalue weighted by atomic mass is 35.5. The fourth-order valence-corrected chi connectivity index (χ4v) is 5.66. The Labute approximate surface area is 156 Å². The number of rotatable bonds is 7. The van der Waals surface area contributed by atoms with Gasteiger partial charge in [-0.25, -0.2) is 4.39 Å². The molecule has 7 heteroatoms. The third-order valence-corrected chi connectivity index (χ3v) is 7.02. The molecule has 1 aromatic carbocycles. The van der Waals surface area contributed by atoms with Crippen LogP contribution in [0.15, 0.2) is 18.2 Å².